The molecule has 0 fully saturated rings. The van der Waals surface area contributed by atoms with Crippen LogP contribution in [0, 0.1) is 6.92 Å². The average molecular weight is 381 g/mol. The molecule has 1 aromatic heterocycles. The van der Waals surface area contributed by atoms with Gasteiger partial charge in [-0.2, -0.15) is 4.98 Å². The molecular formula is C21H23N3O4. The summed E-state index contributed by atoms with van der Waals surface area (Å²) >= 11 is 0. The van der Waals surface area contributed by atoms with Gasteiger partial charge in [0.25, 0.3) is 5.91 Å². The summed E-state index contributed by atoms with van der Waals surface area (Å²) in [5.74, 6) is 2.10. The van der Waals surface area contributed by atoms with Gasteiger partial charge in [0.15, 0.2) is 5.82 Å². The van der Waals surface area contributed by atoms with Crippen molar-refractivity contribution in [2.24, 2.45) is 0 Å². The third-order valence-electron chi connectivity index (χ3n) is 4.35. The third kappa shape index (κ3) is 4.68. The second-order valence-corrected chi connectivity index (χ2v) is 6.28. The number of carbonyl (C=O) groups excluding carboxylic acids is 1. The van der Waals surface area contributed by atoms with Crippen LogP contribution in [-0.4, -0.2) is 36.8 Å². The molecule has 0 radical (unpaired) electrons. The molecule has 1 amide bonds. The van der Waals surface area contributed by atoms with Gasteiger partial charge in [0.2, 0.25) is 5.89 Å². The van der Waals surface area contributed by atoms with Gasteiger partial charge < -0.3 is 19.3 Å². The highest BCUT2D eigenvalue weighted by Gasteiger charge is 2.14. The highest BCUT2D eigenvalue weighted by molar-refractivity contribution is 5.95. The van der Waals surface area contributed by atoms with E-state index in [1.807, 2.05) is 37.3 Å². The van der Waals surface area contributed by atoms with Crippen molar-refractivity contribution in [3.63, 3.8) is 0 Å². The van der Waals surface area contributed by atoms with Gasteiger partial charge in [-0.15, -0.1) is 0 Å². The Morgan fingerprint density at radius 3 is 2.43 bits per heavy atom. The molecule has 1 heterocycles. The standard InChI is InChI=1S/C21H23N3O4/c1-14-17(26-2)12-16(13-18(14)27-3)21(25)22-10-9-20-23-19(24-28-20)11-15-7-5-4-6-8-15/h4-8,12-13H,9-11H2,1-3H3,(H,22,25). The minimum absolute atomic E-state index is 0.222. The number of methoxy groups -OCH3 is 2. The SMILES string of the molecule is COc1cc(C(=O)NCCc2nc(Cc3ccccc3)no2)cc(OC)c1C. The maximum atomic E-state index is 12.4. The zero-order valence-electron chi connectivity index (χ0n) is 16.2. The first-order valence-corrected chi connectivity index (χ1v) is 8.97. The first kappa shape index (κ1) is 19.4. The van der Waals surface area contributed by atoms with Gasteiger partial charge in [0.05, 0.1) is 14.2 Å². The fourth-order valence-corrected chi connectivity index (χ4v) is 2.84. The molecule has 0 unspecified atom stereocenters. The molecule has 7 heteroatoms. The fourth-order valence-electron chi connectivity index (χ4n) is 2.84. The number of ether oxygens (including phenoxy) is 2. The monoisotopic (exact) mass is 381 g/mol. The largest absolute Gasteiger partial charge is 0.496 e. The molecule has 7 nitrogen and oxygen atoms in total. The Morgan fingerprint density at radius 1 is 1.11 bits per heavy atom. The summed E-state index contributed by atoms with van der Waals surface area (Å²) in [6.45, 7) is 2.26. The summed E-state index contributed by atoms with van der Waals surface area (Å²) < 4.78 is 15.9. The van der Waals surface area contributed by atoms with Crippen molar-refractivity contribution in [3.05, 3.63) is 70.9 Å². The van der Waals surface area contributed by atoms with Crippen LogP contribution >= 0.6 is 0 Å². The van der Waals surface area contributed by atoms with E-state index >= 15 is 0 Å². The first-order valence-electron chi connectivity index (χ1n) is 8.97. The lowest BCUT2D eigenvalue weighted by atomic mass is 10.1. The van der Waals surface area contributed by atoms with Gasteiger partial charge in [0, 0.05) is 30.5 Å². The Bertz CT molecular complexity index is 913. The normalized spacial score (nSPS) is 10.5. The number of hydrogen-bond donors (Lipinski definition) is 1. The molecule has 146 valence electrons. The van der Waals surface area contributed by atoms with Crippen molar-refractivity contribution < 1.29 is 18.8 Å². The molecule has 0 saturated carbocycles. The van der Waals surface area contributed by atoms with Gasteiger partial charge in [-0.1, -0.05) is 35.5 Å². The number of rotatable bonds is 8. The van der Waals surface area contributed by atoms with Gasteiger partial charge >= 0.3 is 0 Å². The summed E-state index contributed by atoms with van der Waals surface area (Å²) in [5, 5.41) is 6.84. The van der Waals surface area contributed by atoms with Crippen molar-refractivity contribution in [2.75, 3.05) is 20.8 Å². The van der Waals surface area contributed by atoms with Crippen LogP contribution in [-0.2, 0) is 12.8 Å². The fraction of sp³-hybridized carbons (Fsp3) is 0.286. The van der Waals surface area contributed by atoms with Crippen molar-refractivity contribution in [2.45, 2.75) is 19.8 Å². The number of benzene rings is 2. The highest BCUT2D eigenvalue weighted by atomic mass is 16.5. The lowest BCUT2D eigenvalue weighted by Crippen LogP contribution is -2.26. The van der Waals surface area contributed by atoms with E-state index in [-0.39, 0.29) is 5.91 Å². The molecule has 2 aromatic carbocycles. The lowest BCUT2D eigenvalue weighted by molar-refractivity contribution is 0.0952. The third-order valence-corrected chi connectivity index (χ3v) is 4.35. The van der Waals surface area contributed by atoms with E-state index in [1.54, 1.807) is 26.4 Å². The molecule has 0 saturated heterocycles. The van der Waals surface area contributed by atoms with Gasteiger partial charge in [-0.3, -0.25) is 4.79 Å². The van der Waals surface area contributed by atoms with Crippen LogP contribution in [0.5, 0.6) is 11.5 Å². The van der Waals surface area contributed by atoms with E-state index in [0.29, 0.717) is 48.2 Å². The second kappa shape index (κ2) is 9.03. The number of hydrogen-bond acceptors (Lipinski definition) is 6. The van der Waals surface area contributed by atoms with Crippen LogP contribution in [0.4, 0.5) is 0 Å². The number of nitrogens with one attached hydrogen (secondary N) is 1. The topological polar surface area (TPSA) is 86.5 Å². The summed E-state index contributed by atoms with van der Waals surface area (Å²) in [6.07, 6.45) is 1.06. The van der Waals surface area contributed by atoms with Crippen LogP contribution in [0.25, 0.3) is 0 Å². The number of aromatic nitrogens is 2. The van der Waals surface area contributed by atoms with Crippen LogP contribution in [0.15, 0.2) is 47.0 Å². The zero-order chi connectivity index (χ0) is 19.9. The van der Waals surface area contributed by atoms with Crippen LogP contribution in [0.2, 0.25) is 0 Å². The Labute approximate surface area is 163 Å². The van der Waals surface area contributed by atoms with E-state index in [9.17, 15) is 4.79 Å². The molecule has 3 aromatic rings. The van der Waals surface area contributed by atoms with Crippen molar-refractivity contribution in [3.8, 4) is 11.5 Å². The van der Waals surface area contributed by atoms with Gasteiger partial charge in [-0.05, 0) is 24.6 Å². The van der Waals surface area contributed by atoms with Crippen molar-refractivity contribution in [1.29, 1.82) is 0 Å². The molecule has 1 N–H and O–H groups in total. The predicted octanol–water partition coefficient (Wildman–Crippen LogP) is 2.96. The van der Waals surface area contributed by atoms with Crippen LogP contribution in [0.1, 0.15) is 33.2 Å². The molecule has 3 rings (SSSR count). The van der Waals surface area contributed by atoms with Crippen LogP contribution < -0.4 is 14.8 Å². The minimum Gasteiger partial charge on any atom is -0.496 e. The summed E-state index contributed by atoms with van der Waals surface area (Å²) in [4.78, 5) is 16.8. The summed E-state index contributed by atoms with van der Waals surface area (Å²) in [7, 11) is 3.12. The molecule has 0 bridgehead atoms. The van der Waals surface area contributed by atoms with E-state index in [0.717, 1.165) is 11.1 Å². The number of carbonyl (C=O) groups is 1. The molecule has 0 aliphatic rings. The molecule has 0 spiro atoms. The maximum absolute atomic E-state index is 12.4. The number of amides is 1. The predicted molar refractivity (Wildman–Crippen MR) is 104 cm³/mol. The maximum Gasteiger partial charge on any atom is 0.251 e. The minimum atomic E-state index is -0.222. The Kier molecular flexibility index (Phi) is 6.26. The Hall–Kier alpha value is -3.35. The lowest BCUT2D eigenvalue weighted by Gasteiger charge is -2.12. The zero-order valence-corrected chi connectivity index (χ0v) is 16.2. The first-order chi connectivity index (χ1) is 13.6. The van der Waals surface area contributed by atoms with Gasteiger partial charge in [-0.25, -0.2) is 0 Å². The molecular weight excluding hydrogens is 358 g/mol. The molecule has 0 aliphatic heterocycles. The van der Waals surface area contributed by atoms with E-state index < -0.39 is 0 Å². The van der Waals surface area contributed by atoms with E-state index in [4.69, 9.17) is 14.0 Å². The second-order valence-electron chi connectivity index (χ2n) is 6.28. The quantitative estimate of drug-likeness (QED) is 0.646. The van der Waals surface area contributed by atoms with E-state index in [1.165, 1.54) is 0 Å². The molecule has 0 atom stereocenters. The highest BCUT2D eigenvalue weighted by Crippen LogP contribution is 2.29. The Balaban J connectivity index is 1.56. The van der Waals surface area contributed by atoms with E-state index in [2.05, 4.69) is 15.5 Å². The summed E-state index contributed by atoms with van der Waals surface area (Å²) in [5.41, 5.74) is 2.43. The Morgan fingerprint density at radius 2 is 1.79 bits per heavy atom. The number of nitrogens with zero attached hydrogens (tertiary/aromatic N) is 2. The smallest absolute Gasteiger partial charge is 0.251 e. The van der Waals surface area contributed by atoms with Crippen molar-refractivity contribution >= 4 is 5.91 Å². The molecule has 0 aliphatic carbocycles. The molecule has 28 heavy (non-hydrogen) atoms. The van der Waals surface area contributed by atoms with Crippen molar-refractivity contribution in [1.82, 2.24) is 15.5 Å². The average Bonchev–Trinajstić information content (AvgIpc) is 3.16. The summed E-state index contributed by atoms with van der Waals surface area (Å²) in [6, 6.07) is 13.3. The van der Waals surface area contributed by atoms with Gasteiger partial charge in [0.1, 0.15) is 11.5 Å². The van der Waals surface area contributed by atoms with Crippen LogP contribution in [0.3, 0.4) is 0 Å².